The molecule has 20 heavy (non-hydrogen) atoms. The number of hydrogen-bond acceptors (Lipinski definition) is 2. The van der Waals surface area contributed by atoms with Crippen LogP contribution in [0.15, 0.2) is 36.4 Å². The van der Waals surface area contributed by atoms with E-state index >= 15 is 0 Å². The van der Waals surface area contributed by atoms with Crippen molar-refractivity contribution in [2.75, 3.05) is 0 Å². The van der Waals surface area contributed by atoms with Crippen LogP contribution in [0.3, 0.4) is 0 Å². The van der Waals surface area contributed by atoms with Crippen molar-refractivity contribution in [1.82, 2.24) is 0 Å². The molecule has 0 bridgehead atoms. The molecule has 0 spiro atoms. The van der Waals surface area contributed by atoms with Gasteiger partial charge in [-0.1, -0.05) is 24.3 Å². The lowest BCUT2D eigenvalue weighted by Crippen LogP contribution is -2.01. The molecular weight excluding hydrogens is 248 g/mol. The standard InChI is InChI=1S/C18H20O2/c1-12-4-3-5-13(2)17(12)11-20-15-7-8-16-14(10-15)6-9-18(16)19/h3-5,7-8,10,18-19H,6,9,11H2,1-2H3. The number of rotatable bonds is 3. The van der Waals surface area contributed by atoms with E-state index in [0.29, 0.717) is 6.61 Å². The number of fused-ring (bicyclic) bond motifs is 1. The maximum Gasteiger partial charge on any atom is 0.120 e. The normalized spacial score (nSPS) is 17.1. The fraction of sp³-hybridized carbons (Fsp3) is 0.333. The van der Waals surface area contributed by atoms with Crippen LogP contribution in [0.1, 0.15) is 40.3 Å². The molecule has 1 N–H and O–H groups in total. The maximum absolute atomic E-state index is 9.81. The summed E-state index contributed by atoms with van der Waals surface area (Å²) in [6, 6.07) is 12.3. The largest absolute Gasteiger partial charge is 0.489 e. The van der Waals surface area contributed by atoms with Crippen molar-refractivity contribution in [3.05, 3.63) is 64.2 Å². The molecule has 1 unspecified atom stereocenters. The van der Waals surface area contributed by atoms with E-state index in [1.165, 1.54) is 22.3 Å². The smallest absolute Gasteiger partial charge is 0.120 e. The lowest BCUT2D eigenvalue weighted by Gasteiger charge is -2.12. The minimum atomic E-state index is -0.294. The van der Waals surface area contributed by atoms with E-state index in [0.717, 1.165) is 24.2 Å². The number of aliphatic hydroxyl groups is 1. The molecule has 2 nitrogen and oxygen atoms in total. The third-order valence-electron chi connectivity index (χ3n) is 4.19. The van der Waals surface area contributed by atoms with E-state index in [2.05, 4.69) is 38.1 Å². The zero-order chi connectivity index (χ0) is 14.1. The molecule has 2 aromatic carbocycles. The minimum absolute atomic E-state index is 0.294. The van der Waals surface area contributed by atoms with Crippen molar-refractivity contribution in [2.45, 2.75) is 39.4 Å². The number of benzene rings is 2. The predicted molar refractivity (Wildman–Crippen MR) is 80.0 cm³/mol. The summed E-state index contributed by atoms with van der Waals surface area (Å²) in [6.07, 6.45) is 1.48. The zero-order valence-corrected chi connectivity index (χ0v) is 12.0. The molecule has 0 aliphatic heterocycles. The molecule has 0 fully saturated rings. The van der Waals surface area contributed by atoms with Gasteiger partial charge in [-0.05, 0) is 66.6 Å². The van der Waals surface area contributed by atoms with Crippen LogP contribution in [0, 0.1) is 13.8 Å². The molecule has 1 aliphatic rings. The molecule has 1 atom stereocenters. The monoisotopic (exact) mass is 268 g/mol. The number of ether oxygens (including phenoxy) is 1. The maximum atomic E-state index is 9.81. The first-order chi connectivity index (χ1) is 9.65. The lowest BCUT2D eigenvalue weighted by atomic mass is 10.0. The first-order valence-electron chi connectivity index (χ1n) is 7.14. The topological polar surface area (TPSA) is 29.5 Å². The Morgan fingerprint density at radius 2 is 1.90 bits per heavy atom. The van der Waals surface area contributed by atoms with Crippen LogP contribution in [0.5, 0.6) is 5.75 Å². The molecule has 0 saturated heterocycles. The summed E-state index contributed by atoms with van der Waals surface area (Å²) in [5.41, 5.74) is 6.07. The second-order valence-corrected chi connectivity index (χ2v) is 5.57. The Kier molecular flexibility index (Phi) is 3.49. The van der Waals surface area contributed by atoms with Crippen LogP contribution >= 0.6 is 0 Å². The number of aryl methyl sites for hydroxylation is 3. The summed E-state index contributed by atoms with van der Waals surface area (Å²) in [6.45, 7) is 4.83. The van der Waals surface area contributed by atoms with Gasteiger partial charge in [0, 0.05) is 0 Å². The summed E-state index contributed by atoms with van der Waals surface area (Å²) in [5.74, 6) is 0.889. The number of hydrogen-bond donors (Lipinski definition) is 1. The van der Waals surface area contributed by atoms with Crippen LogP contribution in [0.25, 0.3) is 0 Å². The van der Waals surface area contributed by atoms with Crippen molar-refractivity contribution >= 4 is 0 Å². The van der Waals surface area contributed by atoms with E-state index in [1.54, 1.807) is 0 Å². The third-order valence-corrected chi connectivity index (χ3v) is 4.19. The summed E-state index contributed by atoms with van der Waals surface area (Å²) >= 11 is 0. The van der Waals surface area contributed by atoms with Gasteiger partial charge in [0.1, 0.15) is 12.4 Å². The summed E-state index contributed by atoms with van der Waals surface area (Å²) in [7, 11) is 0. The Labute approximate surface area is 120 Å². The van der Waals surface area contributed by atoms with Gasteiger partial charge in [0.15, 0.2) is 0 Å². The summed E-state index contributed by atoms with van der Waals surface area (Å²) in [4.78, 5) is 0. The first kappa shape index (κ1) is 13.2. The highest BCUT2D eigenvalue weighted by Crippen LogP contribution is 2.33. The van der Waals surface area contributed by atoms with Crippen LogP contribution in [-0.2, 0) is 13.0 Å². The predicted octanol–water partition coefficient (Wildman–Crippen LogP) is 3.86. The van der Waals surface area contributed by atoms with Gasteiger partial charge in [0.2, 0.25) is 0 Å². The molecule has 0 heterocycles. The van der Waals surface area contributed by atoms with Crippen molar-refractivity contribution in [2.24, 2.45) is 0 Å². The van der Waals surface area contributed by atoms with Crippen molar-refractivity contribution in [3.8, 4) is 5.75 Å². The van der Waals surface area contributed by atoms with Gasteiger partial charge < -0.3 is 9.84 Å². The van der Waals surface area contributed by atoms with E-state index in [-0.39, 0.29) is 6.10 Å². The van der Waals surface area contributed by atoms with Crippen molar-refractivity contribution < 1.29 is 9.84 Å². The highest BCUT2D eigenvalue weighted by atomic mass is 16.5. The second kappa shape index (κ2) is 5.29. The Balaban J connectivity index is 1.76. The highest BCUT2D eigenvalue weighted by molar-refractivity contribution is 5.40. The average Bonchev–Trinajstić information content (AvgIpc) is 2.79. The van der Waals surface area contributed by atoms with Crippen LogP contribution in [0.4, 0.5) is 0 Å². The fourth-order valence-electron chi connectivity index (χ4n) is 2.89. The van der Waals surface area contributed by atoms with Gasteiger partial charge in [0.25, 0.3) is 0 Å². The summed E-state index contributed by atoms with van der Waals surface area (Å²) in [5, 5.41) is 9.81. The minimum Gasteiger partial charge on any atom is -0.489 e. The SMILES string of the molecule is Cc1cccc(C)c1COc1ccc2c(c1)CCC2O. The fourth-order valence-corrected chi connectivity index (χ4v) is 2.89. The molecule has 104 valence electrons. The van der Waals surface area contributed by atoms with E-state index in [4.69, 9.17) is 4.74 Å². The van der Waals surface area contributed by atoms with Gasteiger partial charge in [0.05, 0.1) is 6.10 Å². The molecule has 0 radical (unpaired) electrons. The second-order valence-electron chi connectivity index (χ2n) is 5.57. The summed E-state index contributed by atoms with van der Waals surface area (Å²) < 4.78 is 5.93. The Bertz CT molecular complexity index is 611. The molecular formula is C18H20O2. The van der Waals surface area contributed by atoms with Crippen LogP contribution in [-0.4, -0.2) is 5.11 Å². The van der Waals surface area contributed by atoms with Crippen LogP contribution < -0.4 is 4.74 Å². The van der Waals surface area contributed by atoms with Gasteiger partial charge in [-0.2, -0.15) is 0 Å². The Hall–Kier alpha value is -1.80. The van der Waals surface area contributed by atoms with Gasteiger partial charge in [-0.25, -0.2) is 0 Å². The van der Waals surface area contributed by atoms with E-state index in [9.17, 15) is 5.11 Å². The molecule has 0 amide bonds. The molecule has 3 rings (SSSR count). The first-order valence-corrected chi connectivity index (χ1v) is 7.14. The van der Waals surface area contributed by atoms with Crippen LogP contribution in [0.2, 0.25) is 0 Å². The molecule has 0 aromatic heterocycles. The average molecular weight is 268 g/mol. The van der Waals surface area contributed by atoms with Crippen molar-refractivity contribution in [3.63, 3.8) is 0 Å². The third kappa shape index (κ3) is 2.44. The van der Waals surface area contributed by atoms with Gasteiger partial charge in [-0.3, -0.25) is 0 Å². The number of aliphatic hydroxyl groups excluding tert-OH is 1. The zero-order valence-electron chi connectivity index (χ0n) is 12.0. The van der Waals surface area contributed by atoms with E-state index in [1.807, 2.05) is 12.1 Å². The molecule has 2 heteroatoms. The highest BCUT2D eigenvalue weighted by Gasteiger charge is 2.20. The van der Waals surface area contributed by atoms with Crippen molar-refractivity contribution in [1.29, 1.82) is 0 Å². The Morgan fingerprint density at radius 1 is 1.15 bits per heavy atom. The van der Waals surface area contributed by atoms with E-state index < -0.39 is 0 Å². The quantitative estimate of drug-likeness (QED) is 0.916. The molecule has 1 aliphatic carbocycles. The molecule has 2 aromatic rings. The van der Waals surface area contributed by atoms with Gasteiger partial charge in [-0.15, -0.1) is 0 Å². The van der Waals surface area contributed by atoms with Gasteiger partial charge >= 0.3 is 0 Å². The Morgan fingerprint density at radius 3 is 2.65 bits per heavy atom. The lowest BCUT2D eigenvalue weighted by molar-refractivity contribution is 0.180. The molecule has 0 saturated carbocycles.